The van der Waals surface area contributed by atoms with E-state index in [-0.39, 0.29) is 29.1 Å². The van der Waals surface area contributed by atoms with Crippen LogP contribution in [0.15, 0.2) is 35.2 Å². The molecule has 2 rings (SSSR count). The van der Waals surface area contributed by atoms with E-state index in [1.165, 1.54) is 0 Å². The molecule has 0 aromatic heterocycles. The molecule has 0 heterocycles. The summed E-state index contributed by atoms with van der Waals surface area (Å²) in [6.45, 7) is 15.1. The van der Waals surface area contributed by atoms with E-state index in [9.17, 15) is 13.2 Å². The van der Waals surface area contributed by atoms with Crippen LogP contribution < -0.4 is 0 Å². The van der Waals surface area contributed by atoms with Gasteiger partial charge in [-0.05, 0) is 28.8 Å². The Morgan fingerprint density at radius 2 is 1.44 bits per heavy atom. The topological polar surface area (TPSA) is 60.4 Å². The van der Waals surface area contributed by atoms with E-state index in [0.717, 1.165) is 0 Å². The lowest BCUT2D eigenvalue weighted by Gasteiger charge is -2.44. The fourth-order valence-electron chi connectivity index (χ4n) is 5.02. The molecule has 1 saturated carbocycles. The number of rotatable bonds is 7. The van der Waals surface area contributed by atoms with Crippen molar-refractivity contribution < 1.29 is 17.6 Å². The second-order valence-electron chi connectivity index (χ2n) is 8.78. The number of Topliss-reactive ketones (excluding diaryl/α,β-unsaturated/α-hetero) is 1. The third-order valence-electron chi connectivity index (χ3n) is 6.25. The molecule has 0 radical (unpaired) electrons. The van der Waals surface area contributed by atoms with Gasteiger partial charge in [-0.1, -0.05) is 66.7 Å². The van der Waals surface area contributed by atoms with E-state index < -0.39 is 23.4 Å². The molecule has 0 spiro atoms. The Balaban J connectivity index is 2.37. The third kappa shape index (κ3) is 3.94. The lowest BCUT2D eigenvalue weighted by molar-refractivity contribution is -0.117. The summed E-state index contributed by atoms with van der Waals surface area (Å²) in [6.07, 6.45) is -0.126. The van der Waals surface area contributed by atoms with Crippen LogP contribution in [0.1, 0.15) is 54.9 Å². The monoisotopic (exact) mass is 410 g/mol. The maximum Gasteiger partial charge on any atom is 0.200 e. The van der Waals surface area contributed by atoms with Crippen LogP contribution >= 0.6 is 0 Å². The van der Waals surface area contributed by atoms with E-state index in [0.29, 0.717) is 16.6 Å². The Labute approximate surface area is 165 Å². The van der Waals surface area contributed by atoms with Gasteiger partial charge in [0.05, 0.1) is 11.0 Å². The zero-order chi connectivity index (χ0) is 20.6. The highest BCUT2D eigenvalue weighted by atomic mass is 32.2. The van der Waals surface area contributed by atoms with Gasteiger partial charge in [-0.25, -0.2) is 8.42 Å². The molecule has 1 aromatic rings. The first-order chi connectivity index (χ1) is 12.5. The highest BCUT2D eigenvalue weighted by Gasteiger charge is 2.53. The van der Waals surface area contributed by atoms with E-state index >= 15 is 0 Å². The Bertz CT molecular complexity index is 734. The second-order valence-corrected chi connectivity index (χ2v) is 16.3. The molecular formula is C21H34O4SSi. The molecule has 0 bridgehead atoms. The summed E-state index contributed by atoms with van der Waals surface area (Å²) in [5.41, 5.74) is 1.18. The number of hydrogen-bond acceptors (Lipinski definition) is 4. The van der Waals surface area contributed by atoms with E-state index in [1.807, 2.05) is 6.92 Å². The standard InChI is InChI=1S/C21H34O4SSi/c1-14(2)27(15(3)4,16(5)6)25-20-13-19(22)21(17(20)7)26(23,24)18-11-9-8-10-12-18/h8-12,14-17,20-21H,13H2,1-7H3/t17-,20-,21+/m0/s1. The van der Waals surface area contributed by atoms with Crippen molar-refractivity contribution in [2.75, 3.05) is 0 Å². The molecule has 1 aliphatic carbocycles. The molecule has 152 valence electrons. The van der Waals surface area contributed by atoms with Crippen molar-refractivity contribution in [1.29, 1.82) is 0 Å². The Morgan fingerprint density at radius 3 is 1.89 bits per heavy atom. The van der Waals surface area contributed by atoms with Gasteiger partial charge in [0.25, 0.3) is 0 Å². The van der Waals surface area contributed by atoms with Crippen molar-refractivity contribution in [3.63, 3.8) is 0 Å². The first-order valence-electron chi connectivity index (χ1n) is 9.95. The lowest BCUT2D eigenvalue weighted by Crippen LogP contribution is -2.51. The van der Waals surface area contributed by atoms with Crippen molar-refractivity contribution in [3.05, 3.63) is 30.3 Å². The molecule has 1 fully saturated rings. The highest BCUT2D eigenvalue weighted by Crippen LogP contribution is 2.46. The average molecular weight is 411 g/mol. The van der Waals surface area contributed by atoms with Crippen molar-refractivity contribution in [1.82, 2.24) is 0 Å². The molecule has 3 atom stereocenters. The van der Waals surface area contributed by atoms with Crippen molar-refractivity contribution in [2.24, 2.45) is 5.92 Å². The summed E-state index contributed by atoms with van der Waals surface area (Å²) in [6, 6.07) is 8.30. The zero-order valence-corrected chi connectivity index (χ0v) is 19.4. The fourth-order valence-corrected chi connectivity index (χ4v) is 12.7. The fraction of sp³-hybridized carbons (Fsp3) is 0.667. The van der Waals surface area contributed by atoms with Crippen LogP contribution in [0.25, 0.3) is 0 Å². The predicted molar refractivity (Wildman–Crippen MR) is 112 cm³/mol. The number of benzene rings is 1. The number of hydrogen-bond donors (Lipinski definition) is 0. The minimum atomic E-state index is -3.70. The van der Waals surface area contributed by atoms with Gasteiger partial charge in [0.1, 0.15) is 5.25 Å². The van der Waals surface area contributed by atoms with Crippen LogP contribution in [0.5, 0.6) is 0 Å². The molecule has 6 heteroatoms. The minimum Gasteiger partial charge on any atom is -0.412 e. The second kappa shape index (κ2) is 8.17. The SMILES string of the molecule is CC(C)[Si](O[C@H]1CC(=O)[C@H](S(=O)(=O)c2ccccc2)[C@H]1C)(C(C)C)C(C)C. The summed E-state index contributed by atoms with van der Waals surface area (Å²) in [4.78, 5) is 13.0. The highest BCUT2D eigenvalue weighted by molar-refractivity contribution is 7.92. The lowest BCUT2D eigenvalue weighted by atomic mass is 10.1. The third-order valence-corrected chi connectivity index (χ3v) is 14.7. The van der Waals surface area contributed by atoms with E-state index in [1.54, 1.807) is 30.3 Å². The molecule has 1 aromatic carbocycles. The summed E-state index contributed by atoms with van der Waals surface area (Å²) in [5, 5.41) is -1.01. The largest absolute Gasteiger partial charge is 0.412 e. The Morgan fingerprint density at radius 1 is 0.963 bits per heavy atom. The van der Waals surface area contributed by atoms with Crippen molar-refractivity contribution >= 4 is 23.9 Å². The van der Waals surface area contributed by atoms with Gasteiger partial charge in [-0.15, -0.1) is 0 Å². The van der Waals surface area contributed by atoms with Crippen LogP contribution in [0.2, 0.25) is 16.6 Å². The predicted octanol–water partition coefficient (Wildman–Crippen LogP) is 5.00. The maximum absolute atomic E-state index is 13.1. The van der Waals surface area contributed by atoms with Gasteiger partial charge in [-0.3, -0.25) is 4.79 Å². The molecule has 4 nitrogen and oxygen atoms in total. The van der Waals surface area contributed by atoms with Gasteiger partial charge in [0, 0.05) is 12.3 Å². The molecule has 0 N–H and O–H groups in total. The van der Waals surface area contributed by atoms with Crippen LogP contribution in [-0.2, 0) is 19.1 Å². The van der Waals surface area contributed by atoms with Crippen LogP contribution in [0.4, 0.5) is 0 Å². The zero-order valence-electron chi connectivity index (χ0n) is 17.6. The van der Waals surface area contributed by atoms with Gasteiger partial charge < -0.3 is 4.43 Å². The quantitative estimate of drug-likeness (QED) is 0.594. The van der Waals surface area contributed by atoms with Crippen molar-refractivity contribution in [3.8, 4) is 0 Å². The molecule has 1 aliphatic rings. The number of sulfone groups is 1. The number of ketones is 1. The summed E-state index contributed by atoms with van der Waals surface area (Å²) in [5.74, 6) is -0.554. The van der Waals surface area contributed by atoms with E-state index in [4.69, 9.17) is 4.43 Å². The first kappa shape index (κ1) is 22.3. The van der Waals surface area contributed by atoms with Gasteiger partial charge in [0.15, 0.2) is 15.6 Å². The van der Waals surface area contributed by atoms with Gasteiger partial charge in [-0.2, -0.15) is 0 Å². The number of carbonyl (C=O) groups excluding carboxylic acids is 1. The normalized spacial score (nSPS) is 24.4. The summed E-state index contributed by atoms with van der Waals surface area (Å²) in [7, 11) is -5.88. The van der Waals surface area contributed by atoms with Crippen molar-refractivity contribution in [2.45, 2.75) is 87.8 Å². The van der Waals surface area contributed by atoms with Gasteiger partial charge >= 0.3 is 0 Å². The first-order valence-corrected chi connectivity index (χ1v) is 13.6. The molecular weight excluding hydrogens is 376 g/mol. The van der Waals surface area contributed by atoms with Crippen LogP contribution in [0.3, 0.4) is 0 Å². The molecule has 0 unspecified atom stereocenters. The number of carbonyl (C=O) groups is 1. The molecule has 0 amide bonds. The van der Waals surface area contributed by atoms with Crippen LogP contribution in [-0.4, -0.2) is 33.9 Å². The average Bonchev–Trinajstić information content (AvgIpc) is 2.86. The van der Waals surface area contributed by atoms with Gasteiger partial charge in [0.2, 0.25) is 8.32 Å². The van der Waals surface area contributed by atoms with Crippen LogP contribution in [0, 0.1) is 5.92 Å². The summed E-state index contributed by atoms with van der Waals surface area (Å²) >= 11 is 0. The maximum atomic E-state index is 13.1. The molecule has 27 heavy (non-hydrogen) atoms. The summed E-state index contributed by atoms with van der Waals surface area (Å²) < 4.78 is 33.0. The molecule has 0 aliphatic heterocycles. The smallest absolute Gasteiger partial charge is 0.200 e. The van der Waals surface area contributed by atoms with E-state index in [2.05, 4.69) is 41.5 Å². The molecule has 0 saturated heterocycles. The Hall–Kier alpha value is -0.983. The Kier molecular flexibility index (Phi) is 6.75. The minimum absolute atomic E-state index is 0.193.